The van der Waals surface area contributed by atoms with Crippen LogP contribution in [-0.2, 0) is 11.3 Å². The molecule has 0 saturated carbocycles. The van der Waals surface area contributed by atoms with E-state index in [-0.39, 0.29) is 6.42 Å². The number of nitrogens with zero attached hydrogens (tertiary/aromatic N) is 3. The number of aromatic nitrogens is 3. The number of carboxylic acid groups (broad SMARTS) is 1. The predicted molar refractivity (Wildman–Crippen MR) is 55.8 cm³/mol. The van der Waals surface area contributed by atoms with Crippen LogP contribution >= 0.6 is 0 Å². The maximum Gasteiger partial charge on any atom is 0.306 e. The van der Waals surface area contributed by atoms with E-state index in [0.717, 1.165) is 13.0 Å². The second kappa shape index (κ2) is 6.91. The Morgan fingerprint density at radius 2 is 2.38 bits per heavy atom. The number of nitrogens with one attached hydrogen (secondary N) is 1. The molecular formula is C9H16N4O3. The summed E-state index contributed by atoms with van der Waals surface area (Å²) in [5.41, 5.74) is 0. The van der Waals surface area contributed by atoms with Crippen LogP contribution in [0.25, 0.3) is 0 Å². The van der Waals surface area contributed by atoms with Gasteiger partial charge in [0, 0.05) is 19.3 Å². The Morgan fingerprint density at radius 1 is 1.56 bits per heavy atom. The molecule has 1 unspecified atom stereocenters. The Hall–Kier alpha value is -1.47. The van der Waals surface area contributed by atoms with E-state index in [1.165, 1.54) is 0 Å². The number of hydrogen-bond acceptors (Lipinski definition) is 5. The summed E-state index contributed by atoms with van der Waals surface area (Å²) < 4.78 is 1.72. The highest BCUT2D eigenvalue weighted by molar-refractivity contribution is 5.67. The van der Waals surface area contributed by atoms with Crippen LogP contribution in [0, 0.1) is 0 Å². The molecule has 1 atom stereocenters. The van der Waals surface area contributed by atoms with Gasteiger partial charge in [-0.25, -0.2) is 0 Å². The van der Waals surface area contributed by atoms with E-state index < -0.39 is 12.1 Å². The summed E-state index contributed by atoms with van der Waals surface area (Å²) >= 11 is 0. The third kappa shape index (κ3) is 5.42. The molecule has 0 radical (unpaired) electrons. The van der Waals surface area contributed by atoms with E-state index in [4.69, 9.17) is 5.11 Å². The maximum absolute atomic E-state index is 10.2. The second-order valence-electron chi connectivity index (χ2n) is 3.48. The number of aliphatic hydroxyl groups excluding tert-OH is 1. The Kier molecular flexibility index (Phi) is 5.44. The third-order valence-electron chi connectivity index (χ3n) is 2.00. The molecule has 1 heterocycles. The molecule has 90 valence electrons. The van der Waals surface area contributed by atoms with Gasteiger partial charge in [0.2, 0.25) is 0 Å². The Morgan fingerprint density at radius 3 is 3.00 bits per heavy atom. The normalized spacial score (nSPS) is 12.6. The molecule has 1 aromatic rings. The minimum Gasteiger partial charge on any atom is -0.481 e. The molecule has 7 nitrogen and oxygen atoms in total. The predicted octanol–water partition coefficient (Wildman–Crippen LogP) is -0.907. The van der Waals surface area contributed by atoms with Crippen molar-refractivity contribution in [1.29, 1.82) is 0 Å². The Labute approximate surface area is 93.1 Å². The van der Waals surface area contributed by atoms with Crippen molar-refractivity contribution in [2.24, 2.45) is 0 Å². The summed E-state index contributed by atoms with van der Waals surface area (Å²) in [7, 11) is 0. The van der Waals surface area contributed by atoms with Gasteiger partial charge >= 0.3 is 5.97 Å². The first-order chi connectivity index (χ1) is 7.68. The van der Waals surface area contributed by atoms with Crippen molar-refractivity contribution in [3.63, 3.8) is 0 Å². The molecule has 0 spiro atoms. The molecule has 7 heteroatoms. The number of aliphatic carboxylic acids is 1. The molecule has 0 fully saturated rings. The van der Waals surface area contributed by atoms with Crippen molar-refractivity contribution in [2.45, 2.75) is 25.5 Å². The van der Waals surface area contributed by atoms with E-state index in [1.54, 1.807) is 17.1 Å². The first kappa shape index (κ1) is 12.6. The van der Waals surface area contributed by atoms with Crippen LogP contribution in [0.15, 0.2) is 12.4 Å². The number of carbonyl (C=O) groups is 1. The first-order valence-electron chi connectivity index (χ1n) is 5.13. The molecular weight excluding hydrogens is 212 g/mol. The molecule has 0 saturated heterocycles. The highest BCUT2D eigenvalue weighted by atomic mass is 16.4. The summed E-state index contributed by atoms with van der Waals surface area (Å²) in [4.78, 5) is 10.2. The lowest BCUT2D eigenvalue weighted by Crippen LogP contribution is -2.29. The smallest absolute Gasteiger partial charge is 0.306 e. The summed E-state index contributed by atoms with van der Waals surface area (Å²) in [5, 5.41) is 28.1. The number of aliphatic hydroxyl groups is 1. The van der Waals surface area contributed by atoms with Crippen LogP contribution in [0.2, 0.25) is 0 Å². The number of hydrogen-bond donors (Lipinski definition) is 3. The minimum atomic E-state index is -0.989. The zero-order valence-corrected chi connectivity index (χ0v) is 8.91. The lowest BCUT2D eigenvalue weighted by atomic mass is 10.2. The van der Waals surface area contributed by atoms with Gasteiger partial charge in [0.25, 0.3) is 0 Å². The van der Waals surface area contributed by atoms with Crippen molar-refractivity contribution in [2.75, 3.05) is 13.1 Å². The van der Waals surface area contributed by atoms with Gasteiger partial charge in [0.05, 0.1) is 18.7 Å². The zero-order valence-electron chi connectivity index (χ0n) is 8.91. The van der Waals surface area contributed by atoms with E-state index >= 15 is 0 Å². The van der Waals surface area contributed by atoms with Crippen molar-refractivity contribution in [3.05, 3.63) is 12.4 Å². The lowest BCUT2D eigenvalue weighted by molar-refractivity contribution is -0.139. The summed E-state index contributed by atoms with van der Waals surface area (Å²) in [6.07, 6.45) is 3.19. The van der Waals surface area contributed by atoms with Gasteiger partial charge in [-0.1, -0.05) is 5.21 Å². The van der Waals surface area contributed by atoms with E-state index in [0.29, 0.717) is 13.1 Å². The van der Waals surface area contributed by atoms with Gasteiger partial charge in [-0.15, -0.1) is 5.10 Å². The number of carboxylic acids is 1. The quantitative estimate of drug-likeness (QED) is 0.498. The standard InChI is InChI=1S/C9H16N4O3/c14-8(6-9(15)16)7-10-2-1-4-13-5-3-11-12-13/h3,5,8,10,14H,1-2,4,6-7H2,(H,15,16). The van der Waals surface area contributed by atoms with Gasteiger partial charge < -0.3 is 15.5 Å². The molecule has 0 aliphatic rings. The highest BCUT2D eigenvalue weighted by Gasteiger charge is 2.07. The fraction of sp³-hybridized carbons (Fsp3) is 0.667. The molecule has 3 N–H and O–H groups in total. The Balaban J connectivity index is 1.97. The van der Waals surface area contributed by atoms with E-state index in [2.05, 4.69) is 15.6 Å². The summed E-state index contributed by atoms with van der Waals surface area (Å²) in [6, 6.07) is 0. The first-order valence-corrected chi connectivity index (χ1v) is 5.13. The molecule has 1 rings (SSSR count). The average molecular weight is 228 g/mol. The van der Waals surface area contributed by atoms with Gasteiger partial charge in [0.1, 0.15) is 0 Å². The second-order valence-corrected chi connectivity index (χ2v) is 3.48. The maximum atomic E-state index is 10.2. The molecule has 16 heavy (non-hydrogen) atoms. The number of rotatable bonds is 8. The molecule has 0 bridgehead atoms. The van der Waals surface area contributed by atoms with Crippen LogP contribution in [0.4, 0.5) is 0 Å². The number of aryl methyl sites for hydroxylation is 1. The van der Waals surface area contributed by atoms with Crippen molar-refractivity contribution in [3.8, 4) is 0 Å². The van der Waals surface area contributed by atoms with Crippen molar-refractivity contribution >= 4 is 5.97 Å². The van der Waals surface area contributed by atoms with Gasteiger partial charge in [-0.2, -0.15) is 0 Å². The Bertz CT molecular complexity index is 302. The lowest BCUT2D eigenvalue weighted by Gasteiger charge is -2.09. The largest absolute Gasteiger partial charge is 0.481 e. The molecule has 0 amide bonds. The van der Waals surface area contributed by atoms with Crippen molar-refractivity contribution < 1.29 is 15.0 Å². The van der Waals surface area contributed by atoms with Crippen LogP contribution in [-0.4, -0.2) is 50.4 Å². The highest BCUT2D eigenvalue weighted by Crippen LogP contribution is 1.90. The van der Waals surface area contributed by atoms with Crippen LogP contribution in [0.3, 0.4) is 0 Å². The van der Waals surface area contributed by atoms with Gasteiger partial charge in [-0.3, -0.25) is 9.48 Å². The summed E-state index contributed by atoms with van der Waals surface area (Å²) in [5.74, 6) is -0.989. The van der Waals surface area contributed by atoms with E-state index in [1.807, 2.05) is 0 Å². The fourth-order valence-electron chi connectivity index (χ4n) is 1.26. The summed E-state index contributed by atoms with van der Waals surface area (Å²) in [6.45, 7) is 1.75. The van der Waals surface area contributed by atoms with Crippen LogP contribution < -0.4 is 5.32 Å². The zero-order chi connectivity index (χ0) is 11.8. The van der Waals surface area contributed by atoms with Crippen LogP contribution in [0.1, 0.15) is 12.8 Å². The monoisotopic (exact) mass is 228 g/mol. The molecule has 0 aliphatic heterocycles. The van der Waals surface area contributed by atoms with Gasteiger partial charge in [-0.05, 0) is 13.0 Å². The SMILES string of the molecule is O=C(O)CC(O)CNCCCn1ccnn1. The third-order valence-corrected chi connectivity index (χ3v) is 2.00. The van der Waals surface area contributed by atoms with Crippen molar-refractivity contribution in [1.82, 2.24) is 20.3 Å². The fourth-order valence-corrected chi connectivity index (χ4v) is 1.26. The van der Waals surface area contributed by atoms with Crippen LogP contribution in [0.5, 0.6) is 0 Å². The topological polar surface area (TPSA) is 100 Å². The van der Waals surface area contributed by atoms with Gasteiger partial charge in [0.15, 0.2) is 0 Å². The van der Waals surface area contributed by atoms with E-state index in [9.17, 15) is 9.90 Å². The average Bonchev–Trinajstić information content (AvgIpc) is 2.68. The molecule has 0 aliphatic carbocycles. The molecule has 1 aromatic heterocycles. The molecule has 0 aromatic carbocycles. The minimum absolute atomic E-state index is 0.226.